The van der Waals surface area contributed by atoms with Crippen LogP contribution in [0.25, 0.3) is 22.6 Å². The van der Waals surface area contributed by atoms with Gasteiger partial charge in [-0.05, 0) is 18.9 Å². The topological polar surface area (TPSA) is 53.4 Å². The Kier molecular flexibility index (Phi) is 3.53. The molecule has 4 rings (SSSR count). The first-order chi connectivity index (χ1) is 11.6. The van der Waals surface area contributed by atoms with Gasteiger partial charge in [0.2, 0.25) is 0 Å². The highest BCUT2D eigenvalue weighted by Crippen LogP contribution is 2.41. The zero-order valence-corrected chi connectivity index (χ0v) is 14.1. The van der Waals surface area contributed by atoms with E-state index in [2.05, 4.69) is 66.3 Å². The maximum atomic E-state index is 4.80. The van der Waals surface area contributed by atoms with E-state index in [0.29, 0.717) is 5.92 Å². The SMILES string of the molecule is Cc1[nH]c(-c2ccc3c(c2)N=NC3C(C)C)nc1-c1ccccc1. The Hall–Kier alpha value is -2.75. The summed E-state index contributed by atoms with van der Waals surface area (Å²) in [7, 11) is 0. The molecule has 0 saturated carbocycles. The molecule has 0 saturated heterocycles. The Morgan fingerprint density at radius 2 is 1.79 bits per heavy atom. The fourth-order valence-corrected chi connectivity index (χ4v) is 3.18. The summed E-state index contributed by atoms with van der Waals surface area (Å²) in [5.41, 5.74) is 6.40. The highest BCUT2D eigenvalue weighted by atomic mass is 15.2. The van der Waals surface area contributed by atoms with Gasteiger partial charge in [0.1, 0.15) is 11.9 Å². The van der Waals surface area contributed by atoms with Gasteiger partial charge in [0, 0.05) is 22.4 Å². The first kappa shape index (κ1) is 14.8. The van der Waals surface area contributed by atoms with Crippen molar-refractivity contribution in [1.82, 2.24) is 9.97 Å². The summed E-state index contributed by atoms with van der Waals surface area (Å²) < 4.78 is 0. The van der Waals surface area contributed by atoms with Crippen molar-refractivity contribution < 1.29 is 0 Å². The number of benzene rings is 2. The number of azo groups is 1. The Morgan fingerprint density at radius 1 is 1.00 bits per heavy atom. The monoisotopic (exact) mass is 316 g/mol. The number of fused-ring (bicyclic) bond motifs is 1. The van der Waals surface area contributed by atoms with Crippen LogP contribution in [0.3, 0.4) is 0 Å². The molecule has 2 heterocycles. The lowest BCUT2D eigenvalue weighted by Crippen LogP contribution is -2.00. The van der Waals surface area contributed by atoms with Gasteiger partial charge < -0.3 is 4.98 Å². The summed E-state index contributed by atoms with van der Waals surface area (Å²) in [6, 6.07) is 16.7. The van der Waals surface area contributed by atoms with E-state index in [1.807, 2.05) is 18.2 Å². The molecule has 0 spiro atoms. The number of aromatic amines is 1. The molecule has 1 aliphatic heterocycles. The molecule has 1 aromatic heterocycles. The molecule has 1 aliphatic rings. The Labute approximate surface area is 141 Å². The van der Waals surface area contributed by atoms with Crippen molar-refractivity contribution in [3.05, 3.63) is 59.8 Å². The van der Waals surface area contributed by atoms with Crippen LogP contribution in [0, 0.1) is 12.8 Å². The van der Waals surface area contributed by atoms with E-state index >= 15 is 0 Å². The first-order valence-electron chi connectivity index (χ1n) is 8.30. The molecule has 2 aromatic carbocycles. The molecule has 1 N–H and O–H groups in total. The molecule has 0 aliphatic carbocycles. The number of imidazole rings is 1. The van der Waals surface area contributed by atoms with E-state index < -0.39 is 0 Å². The van der Waals surface area contributed by atoms with E-state index in [0.717, 1.165) is 34.0 Å². The number of hydrogen-bond acceptors (Lipinski definition) is 3. The van der Waals surface area contributed by atoms with Crippen LogP contribution in [0.1, 0.15) is 31.1 Å². The summed E-state index contributed by atoms with van der Waals surface area (Å²) in [4.78, 5) is 8.20. The van der Waals surface area contributed by atoms with E-state index in [1.165, 1.54) is 5.56 Å². The smallest absolute Gasteiger partial charge is 0.138 e. The van der Waals surface area contributed by atoms with Crippen LogP contribution in [0.4, 0.5) is 5.69 Å². The maximum Gasteiger partial charge on any atom is 0.138 e. The highest BCUT2D eigenvalue weighted by molar-refractivity contribution is 5.70. The summed E-state index contributed by atoms with van der Waals surface area (Å²) in [5.74, 6) is 1.33. The van der Waals surface area contributed by atoms with Crippen molar-refractivity contribution in [3.63, 3.8) is 0 Å². The standard InChI is InChI=1S/C20H20N4/c1-12(2)18-16-10-9-15(11-17(16)23-24-18)20-21-13(3)19(22-20)14-7-5-4-6-8-14/h4-12,18H,1-3H3,(H,21,22). The van der Waals surface area contributed by atoms with Crippen LogP contribution >= 0.6 is 0 Å². The Bertz CT molecular complexity index is 907. The average Bonchev–Trinajstić information content (AvgIpc) is 3.18. The third-order valence-corrected chi connectivity index (χ3v) is 4.48. The predicted molar refractivity (Wildman–Crippen MR) is 96.3 cm³/mol. The molecule has 120 valence electrons. The minimum atomic E-state index is 0.173. The van der Waals surface area contributed by atoms with Gasteiger partial charge in [-0.25, -0.2) is 4.98 Å². The van der Waals surface area contributed by atoms with E-state index in [9.17, 15) is 0 Å². The lowest BCUT2D eigenvalue weighted by atomic mass is 9.95. The summed E-state index contributed by atoms with van der Waals surface area (Å²) in [6.07, 6.45) is 0. The molecule has 24 heavy (non-hydrogen) atoms. The highest BCUT2D eigenvalue weighted by Gasteiger charge is 2.24. The molecular formula is C20H20N4. The van der Waals surface area contributed by atoms with Gasteiger partial charge >= 0.3 is 0 Å². The quantitative estimate of drug-likeness (QED) is 0.647. The first-order valence-corrected chi connectivity index (χ1v) is 8.30. The van der Waals surface area contributed by atoms with Crippen LogP contribution in [0.5, 0.6) is 0 Å². The van der Waals surface area contributed by atoms with Crippen molar-refractivity contribution in [3.8, 4) is 22.6 Å². The van der Waals surface area contributed by atoms with Crippen LogP contribution in [0.15, 0.2) is 58.8 Å². The van der Waals surface area contributed by atoms with Crippen LogP contribution < -0.4 is 0 Å². The number of rotatable bonds is 3. The minimum absolute atomic E-state index is 0.173. The molecule has 0 amide bonds. The van der Waals surface area contributed by atoms with E-state index in [1.54, 1.807) is 0 Å². The summed E-state index contributed by atoms with van der Waals surface area (Å²) >= 11 is 0. The van der Waals surface area contributed by atoms with Crippen molar-refractivity contribution in [2.45, 2.75) is 26.8 Å². The van der Waals surface area contributed by atoms with E-state index in [-0.39, 0.29) is 6.04 Å². The molecule has 0 radical (unpaired) electrons. The molecule has 4 heteroatoms. The van der Waals surface area contributed by atoms with Crippen LogP contribution in [0.2, 0.25) is 0 Å². The minimum Gasteiger partial charge on any atom is -0.342 e. The third-order valence-electron chi connectivity index (χ3n) is 4.48. The zero-order valence-electron chi connectivity index (χ0n) is 14.1. The van der Waals surface area contributed by atoms with Gasteiger partial charge in [-0.15, -0.1) is 0 Å². The van der Waals surface area contributed by atoms with Gasteiger partial charge in [0.05, 0.1) is 11.4 Å². The van der Waals surface area contributed by atoms with Crippen molar-refractivity contribution >= 4 is 5.69 Å². The lowest BCUT2D eigenvalue weighted by Gasteiger charge is -2.11. The summed E-state index contributed by atoms with van der Waals surface area (Å²) in [5, 5.41) is 8.76. The van der Waals surface area contributed by atoms with Gasteiger partial charge in [-0.2, -0.15) is 10.2 Å². The largest absolute Gasteiger partial charge is 0.342 e. The number of aromatic nitrogens is 2. The molecule has 1 unspecified atom stereocenters. The molecule has 4 nitrogen and oxygen atoms in total. The van der Waals surface area contributed by atoms with E-state index in [4.69, 9.17) is 4.98 Å². The van der Waals surface area contributed by atoms with Crippen LogP contribution in [-0.4, -0.2) is 9.97 Å². The molecule has 1 atom stereocenters. The van der Waals surface area contributed by atoms with Crippen molar-refractivity contribution in [2.75, 3.05) is 0 Å². The van der Waals surface area contributed by atoms with Crippen molar-refractivity contribution in [1.29, 1.82) is 0 Å². The average molecular weight is 316 g/mol. The normalized spacial score (nSPS) is 15.9. The number of H-pyrrole nitrogens is 1. The fourth-order valence-electron chi connectivity index (χ4n) is 3.18. The maximum absolute atomic E-state index is 4.80. The van der Waals surface area contributed by atoms with Crippen molar-refractivity contribution in [2.24, 2.45) is 16.1 Å². The number of aryl methyl sites for hydroxylation is 1. The molecule has 3 aromatic rings. The number of nitrogens with one attached hydrogen (secondary N) is 1. The second kappa shape index (κ2) is 5.71. The zero-order chi connectivity index (χ0) is 16.7. The molecular weight excluding hydrogens is 296 g/mol. The van der Waals surface area contributed by atoms with Gasteiger partial charge in [-0.3, -0.25) is 0 Å². The van der Waals surface area contributed by atoms with Gasteiger partial charge in [0.15, 0.2) is 0 Å². The number of hydrogen-bond donors (Lipinski definition) is 1. The third kappa shape index (κ3) is 2.44. The van der Waals surface area contributed by atoms with Gasteiger partial charge in [-0.1, -0.05) is 56.3 Å². The Morgan fingerprint density at radius 3 is 2.54 bits per heavy atom. The van der Waals surface area contributed by atoms with Gasteiger partial charge in [0.25, 0.3) is 0 Å². The fraction of sp³-hybridized carbons (Fsp3) is 0.250. The molecule has 0 fully saturated rings. The number of nitrogens with zero attached hydrogens (tertiary/aromatic N) is 3. The molecule has 0 bridgehead atoms. The Balaban J connectivity index is 1.72. The lowest BCUT2D eigenvalue weighted by molar-refractivity contribution is 0.515. The summed E-state index contributed by atoms with van der Waals surface area (Å²) in [6.45, 7) is 6.41. The second-order valence-corrected chi connectivity index (χ2v) is 6.60. The second-order valence-electron chi connectivity index (χ2n) is 6.60. The van der Waals surface area contributed by atoms with Crippen LogP contribution in [-0.2, 0) is 0 Å². The predicted octanol–water partition coefficient (Wildman–Crippen LogP) is 5.85.